The second-order valence-corrected chi connectivity index (χ2v) is 23.8. The summed E-state index contributed by atoms with van der Waals surface area (Å²) in [6.07, 6.45) is 4.13. The van der Waals surface area contributed by atoms with Crippen molar-refractivity contribution in [2.45, 2.75) is 216 Å². The second kappa shape index (κ2) is 34.0. The van der Waals surface area contributed by atoms with Crippen LogP contribution in [0.5, 0.6) is 0 Å². The third-order valence-electron chi connectivity index (χ3n) is 17.2. The molecule has 23 nitrogen and oxygen atoms in total. The van der Waals surface area contributed by atoms with E-state index in [9.17, 15) is 43.5 Å². The maximum atomic E-state index is 15.2. The van der Waals surface area contributed by atoms with Gasteiger partial charge in [0.2, 0.25) is 65.0 Å². The fraction of sp³-hybridized carbons (Fsp3) is 0.783. The first-order chi connectivity index (χ1) is 38.5. The SMILES string of the molecule is C/C=C/C[C@@H](C)[C@@H](O)C1C(=O)N[C@@H](CC)C(=O)N(C)CC(=O)N(C)[C@@H](C(C)CC)C(=O)N[C@@H](C)C(=O)N(C)[C@@H](C(C)CC)C(=O)N[C@@H](C)C(=O)NC(C)C(=O)N(C)[C@@H](C(C)CC)C(=O)N(C)[C@@H](C(C)CC)C(=O)N(C)[C@@H](C(C)C)C(=O)N1C. The molecule has 0 radical (unpaired) electrons. The van der Waals surface area contributed by atoms with Crippen LogP contribution >= 0.6 is 0 Å². The summed E-state index contributed by atoms with van der Waals surface area (Å²) in [5, 5.41) is 22.9. The average Bonchev–Trinajstić information content (AvgIpc) is 3.60. The number of amides is 11. The van der Waals surface area contributed by atoms with Crippen molar-refractivity contribution in [3.63, 3.8) is 0 Å². The predicted molar refractivity (Wildman–Crippen MR) is 319 cm³/mol. The molecule has 0 aromatic rings. The lowest BCUT2D eigenvalue weighted by atomic mass is 9.90. The molecule has 0 aliphatic carbocycles. The van der Waals surface area contributed by atoms with Crippen LogP contribution in [0.15, 0.2) is 12.2 Å². The van der Waals surface area contributed by atoms with E-state index in [1.54, 1.807) is 74.5 Å². The van der Waals surface area contributed by atoms with Crippen LogP contribution in [0.2, 0.25) is 0 Å². The van der Waals surface area contributed by atoms with Gasteiger partial charge in [-0.2, -0.15) is 0 Å². The van der Waals surface area contributed by atoms with E-state index in [1.807, 2.05) is 27.7 Å². The molecular formula is C60H107N11O12. The summed E-state index contributed by atoms with van der Waals surface area (Å²) in [7, 11) is 9.88. The van der Waals surface area contributed by atoms with E-state index in [1.165, 1.54) is 94.6 Å². The van der Waals surface area contributed by atoms with Crippen molar-refractivity contribution in [1.82, 2.24) is 55.6 Å². The average molecular weight is 1170 g/mol. The van der Waals surface area contributed by atoms with Gasteiger partial charge in [0, 0.05) is 49.3 Å². The molecule has 1 rings (SSSR count). The minimum atomic E-state index is -1.61. The maximum absolute atomic E-state index is 15.2. The summed E-state index contributed by atoms with van der Waals surface area (Å²) in [6.45, 7) is 26.8. The highest BCUT2D eigenvalue weighted by Crippen LogP contribution is 2.27. The van der Waals surface area contributed by atoms with E-state index in [0.29, 0.717) is 32.1 Å². The van der Waals surface area contributed by atoms with Gasteiger partial charge in [-0.05, 0) is 76.0 Å². The van der Waals surface area contributed by atoms with Crippen LogP contribution in [0, 0.1) is 35.5 Å². The van der Waals surface area contributed by atoms with Crippen LogP contribution in [0.3, 0.4) is 0 Å². The Bertz CT molecular complexity index is 2280. The number of nitrogens with one attached hydrogen (secondary N) is 4. The number of aliphatic hydroxyl groups is 1. The predicted octanol–water partition coefficient (Wildman–Crippen LogP) is 2.63. The van der Waals surface area contributed by atoms with Crippen LogP contribution in [-0.4, -0.2) is 227 Å². The van der Waals surface area contributed by atoms with E-state index < -0.39 is 174 Å². The second-order valence-electron chi connectivity index (χ2n) is 23.8. The Morgan fingerprint density at radius 3 is 1.19 bits per heavy atom. The van der Waals surface area contributed by atoms with Gasteiger partial charge in [0.05, 0.1) is 12.6 Å². The van der Waals surface area contributed by atoms with Gasteiger partial charge in [-0.15, -0.1) is 0 Å². The van der Waals surface area contributed by atoms with Crippen LogP contribution in [0.4, 0.5) is 0 Å². The zero-order chi connectivity index (χ0) is 64.4. The van der Waals surface area contributed by atoms with Crippen molar-refractivity contribution in [3.05, 3.63) is 12.2 Å². The van der Waals surface area contributed by atoms with E-state index in [2.05, 4.69) is 21.3 Å². The minimum absolute atomic E-state index is 0.0232. The van der Waals surface area contributed by atoms with Crippen molar-refractivity contribution >= 4 is 65.0 Å². The van der Waals surface area contributed by atoms with Gasteiger partial charge in [-0.25, -0.2) is 0 Å². The lowest BCUT2D eigenvalue weighted by Crippen LogP contribution is -2.64. The lowest BCUT2D eigenvalue weighted by molar-refractivity contribution is -0.159. The molecular weight excluding hydrogens is 1070 g/mol. The van der Waals surface area contributed by atoms with Crippen LogP contribution in [0.1, 0.15) is 149 Å². The molecule has 1 heterocycles. The smallest absolute Gasteiger partial charge is 0.246 e. The minimum Gasteiger partial charge on any atom is -0.390 e. The molecule has 0 aromatic carbocycles. The first-order valence-corrected chi connectivity index (χ1v) is 29.9. The molecule has 1 aliphatic rings. The number of nitrogens with zero attached hydrogens (tertiary/aromatic N) is 7. The number of rotatable bonds is 14. The molecule has 16 atom stereocenters. The van der Waals surface area contributed by atoms with Crippen molar-refractivity contribution in [2.24, 2.45) is 35.5 Å². The van der Waals surface area contributed by atoms with Gasteiger partial charge in [-0.3, -0.25) is 52.7 Å². The molecule has 1 saturated heterocycles. The Morgan fingerprint density at radius 2 is 0.783 bits per heavy atom. The summed E-state index contributed by atoms with van der Waals surface area (Å²) >= 11 is 0. The van der Waals surface area contributed by atoms with Crippen molar-refractivity contribution in [1.29, 1.82) is 0 Å². The molecule has 23 heteroatoms. The van der Waals surface area contributed by atoms with E-state index in [-0.39, 0.29) is 6.42 Å². The quantitative estimate of drug-likeness (QED) is 0.157. The molecule has 83 heavy (non-hydrogen) atoms. The monoisotopic (exact) mass is 1170 g/mol. The van der Waals surface area contributed by atoms with Crippen LogP contribution in [0.25, 0.3) is 0 Å². The molecule has 1 fully saturated rings. The van der Waals surface area contributed by atoms with Crippen molar-refractivity contribution in [2.75, 3.05) is 55.9 Å². The normalized spacial score (nSPS) is 28.5. The maximum Gasteiger partial charge on any atom is 0.246 e. The van der Waals surface area contributed by atoms with Crippen LogP contribution in [-0.2, 0) is 52.7 Å². The first-order valence-electron chi connectivity index (χ1n) is 29.9. The molecule has 0 bridgehead atoms. The number of carbonyl (C=O) groups excluding carboxylic acids is 11. The fourth-order valence-electron chi connectivity index (χ4n) is 10.8. The van der Waals surface area contributed by atoms with Gasteiger partial charge in [-0.1, -0.05) is 121 Å². The number of carbonyl (C=O) groups is 11. The molecule has 0 saturated carbocycles. The topological polar surface area (TPSA) is 279 Å². The number of hydrogen-bond donors (Lipinski definition) is 5. The molecule has 11 amide bonds. The Kier molecular flexibility index (Phi) is 30.7. The summed E-state index contributed by atoms with van der Waals surface area (Å²) in [5.41, 5.74) is 0. The molecule has 6 unspecified atom stereocenters. The Hall–Kier alpha value is -6.13. The highest BCUT2D eigenvalue weighted by Gasteiger charge is 2.47. The molecule has 0 spiro atoms. The fourth-order valence-corrected chi connectivity index (χ4v) is 10.8. The largest absolute Gasteiger partial charge is 0.390 e. The van der Waals surface area contributed by atoms with Crippen molar-refractivity contribution in [3.8, 4) is 0 Å². The lowest BCUT2D eigenvalue weighted by Gasteiger charge is -2.43. The number of aliphatic hydroxyl groups excluding tert-OH is 1. The van der Waals surface area contributed by atoms with Gasteiger partial charge < -0.3 is 60.7 Å². The zero-order valence-electron chi connectivity index (χ0n) is 54.5. The van der Waals surface area contributed by atoms with Gasteiger partial charge in [0.1, 0.15) is 60.4 Å². The standard InChI is InChI=1S/C60H107N11O12/c1-24-30-31-38(13)50(73)49-54(77)64-42(29-6)57(80)65(17)32-43(72)66(18)45(34(9)25-2)52(75)63-41(16)55(78)68(20)46(35(10)26-3)53(76)61-39(14)51(74)62-40(15)56(79)69(21)47(36(11)27-4)60(83)70(22)48(37(12)28-5)59(82)67(19)44(33(7)8)58(81)71(49)23/h24,30,33-42,44-50,73H,25-29,31-32H2,1-23H3,(H,61,76)(H,62,74)(H,63,75)(H,64,77)/b30-24+/t34?,35?,36?,37?,38-,39+,40?,41+,42+,44+,45+,46+,47+,48+,49?,50-/m1/s1. The van der Waals surface area contributed by atoms with Gasteiger partial charge in [0.15, 0.2) is 0 Å². The summed E-state index contributed by atoms with van der Waals surface area (Å²) in [5.74, 6) is -10.6. The summed E-state index contributed by atoms with van der Waals surface area (Å²) in [4.78, 5) is 168. The Labute approximate surface area is 496 Å². The van der Waals surface area contributed by atoms with E-state index >= 15 is 14.4 Å². The number of allylic oxidation sites excluding steroid dienone is 2. The van der Waals surface area contributed by atoms with E-state index in [0.717, 1.165) is 9.80 Å². The van der Waals surface area contributed by atoms with Gasteiger partial charge >= 0.3 is 0 Å². The number of hydrogen-bond acceptors (Lipinski definition) is 12. The highest BCUT2D eigenvalue weighted by atomic mass is 16.3. The van der Waals surface area contributed by atoms with E-state index in [4.69, 9.17) is 0 Å². The zero-order valence-corrected chi connectivity index (χ0v) is 54.5. The number of likely N-dealkylation sites (N-methyl/N-ethyl adjacent to an activating group) is 7. The molecule has 0 aromatic heterocycles. The highest BCUT2D eigenvalue weighted by molar-refractivity contribution is 5.99. The van der Waals surface area contributed by atoms with Crippen LogP contribution < -0.4 is 21.3 Å². The third-order valence-corrected chi connectivity index (χ3v) is 17.2. The Morgan fingerprint density at radius 1 is 0.446 bits per heavy atom. The summed E-state index contributed by atoms with van der Waals surface area (Å²) in [6, 6.07) is -12.4. The molecule has 5 N–H and O–H groups in total. The van der Waals surface area contributed by atoms with Gasteiger partial charge in [0.25, 0.3) is 0 Å². The Balaban J connectivity index is 4.29. The third kappa shape index (κ3) is 18.9. The summed E-state index contributed by atoms with van der Waals surface area (Å²) < 4.78 is 0. The van der Waals surface area contributed by atoms with Crippen molar-refractivity contribution < 1.29 is 57.8 Å². The molecule has 1 aliphatic heterocycles. The molecule has 474 valence electrons. The first kappa shape index (κ1) is 74.9.